The largest absolute Gasteiger partial charge is 0.383 e. The van der Waals surface area contributed by atoms with Crippen LogP contribution in [0.2, 0.25) is 0 Å². The molecule has 88 valence electrons. The van der Waals surface area contributed by atoms with Gasteiger partial charge in [-0.1, -0.05) is 35.0 Å². The van der Waals surface area contributed by atoms with Crippen molar-refractivity contribution in [3.8, 4) is 0 Å². The third kappa shape index (κ3) is 2.31. The Morgan fingerprint density at radius 1 is 1.50 bits per heavy atom. The summed E-state index contributed by atoms with van der Waals surface area (Å²) in [5.74, 6) is 0.630. The van der Waals surface area contributed by atoms with Crippen LogP contribution < -0.4 is 5.32 Å². The van der Waals surface area contributed by atoms with Gasteiger partial charge >= 0.3 is 0 Å². The van der Waals surface area contributed by atoms with Gasteiger partial charge in [-0.2, -0.15) is 0 Å². The maximum Gasteiger partial charge on any atom is 0.0587 e. The van der Waals surface area contributed by atoms with E-state index in [4.69, 9.17) is 4.74 Å². The minimum atomic E-state index is 0.484. The quantitative estimate of drug-likeness (QED) is 0.857. The minimum Gasteiger partial charge on any atom is -0.383 e. The lowest BCUT2D eigenvalue weighted by Crippen LogP contribution is -2.23. The smallest absolute Gasteiger partial charge is 0.0587 e. The first-order chi connectivity index (χ1) is 7.74. The Bertz CT molecular complexity index is 367. The normalized spacial score (nSPS) is 23.4. The first-order valence-corrected chi connectivity index (χ1v) is 6.54. The Labute approximate surface area is 106 Å². The molecule has 16 heavy (non-hydrogen) atoms. The van der Waals surface area contributed by atoms with E-state index in [-0.39, 0.29) is 0 Å². The van der Waals surface area contributed by atoms with Gasteiger partial charge in [0.05, 0.1) is 6.61 Å². The van der Waals surface area contributed by atoms with Gasteiger partial charge in [-0.25, -0.2) is 0 Å². The molecule has 1 aromatic carbocycles. The lowest BCUT2D eigenvalue weighted by molar-refractivity contribution is 0.195. The van der Waals surface area contributed by atoms with Crippen molar-refractivity contribution in [3.05, 3.63) is 33.8 Å². The standard InChI is InChI=1S/C13H18BrNO/c1-9-8-12(15-6-7-16-2)10-4-3-5-11(14)13(9)10/h3-5,9,12,15H,6-8H2,1-2H3. The molecule has 1 N–H and O–H groups in total. The molecule has 1 aliphatic carbocycles. The van der Waals surface area contributed by atoms with Crippen molar-refractivity contribution in [3.63, 3.8) is 0 Å². The fraction of sp³-hybridized carbons (Fsp3) is 0.538. The third-order valence-electron chi connectivity index (χ3n) is 3.24. The van der Waals surface area contributed by atoms with Crippen molar-refractivity contribution in [2.45, 2.75) is 25.3 Å². The van der Waals surface area contributed by atoms with E-state index in [9.17, 15) is 0 Å². The molecular formula is C13H18BrNO. The molecule has 0 aliphatic heterocycles. The Hall–Kier alpha value is -0.380. The maximum absolute atomic E-state index is 5.07. The highest BCUT2D eigenvalue weighted by Crippen LogP contribution is 2.43. The van der Waals surface area contributed by atoms with Crippen LogP contribution in [0.1, 0.15) is 36.4 Å². The Morgan fingerprint density at radius 2 is 2.31 bits per heavy atom. The molecule has 0 radical (unpaired) electrons. The summed E-state index contributed by atoms with van der Waals surface area (Å²) >= 11 is 3.64. The molecule has 2 atom stereocenters. The van der Waals surface area contributed by atoms with Crippen LogP contribution in [-0.2, 0) is 4.74 Å². The van der Waals surface area contributed by atoms with E-state index >= 15 is 0 Å². The Kier molecular flexibility index (Phi) is 4.00. The number of hydrogen-bond donors (Lipinski definition) is 1. The topological polar surface area (TPSA) is 21.3 Å². The lowest BCUT2D eigenvalue weighted by Gasteiger charge is -2.13. The molecule has 1 aliphatic rings. The maximum atomic E-state index is 5.07. The number of rotatable bonds is 4. The molecule has 2 unspecified atom stereocenters. The van der Waals surface area contributed by atoms with Crippen molar-refractivity contribution in [1.29, 1.82) is 0 Å². The van der Waals surface area contributed by atoms with Crippen molar-refractivity contribution in [1.82, 2.24) is 5.32 Å². The predicted molar refractivity (Wildman–Crippen MR) is 69.8 cm³/mol. The van der Waals surface area contributed by atoms with Gasteiger partial charge in [0.1, 0.15) is 0 Å². The molecule has 0 aromatic heterocycles. The second-order valence-electron chi connectivity index (χ2n) is 4.38. The van der Waals surface area contributed by atoms with Crippen molar-refractivity contribution in [2.75, 3.05) is 20.3 Å². The molecule has 2 rings (SSSR count). The van der Waals surface area contributed by atoms with E-state index in [0.29, 0.717) is 12.0 Å². The van der Waals surface area contributed by atoms with Crippen LogP contribution in [0.5, 0.6) is 0 Å². The van der Waals surface area contributed by atoms with Crippen LogP contribution >= 0.6 is 15.9 Å². The highest BCUT2D eigenvalue weighted by atomic mass is 79.9. The highest BCUT2D eigenvalue weighted by molar-refractivity contribution is 9.10. The number of nitrogens with one attached hydrogen (secondary N) is 1. The molecule has 2 nitrogen and oxygen atoms in total. The van der Waals surface area contributed by atoms with Gasteiger partial charge in [0, 0.05) is 24.2 Å². The van der Waals surface area contributed by atoms with Gasteiger partial charge in [-0.3, -0.25) is 0 Å². The number of benzene rings is 1. The molecule has 1 aromatic rings. The SMILES string of the molecule is COCCNC1CC(C)c2c(Br)cccc21. The Balaban J connectivity index is 2.13. The van der Waals surface area contributed by atoms with Crippen LogP contribution in [0.3, 0.4) is 0 Å². The molecule has 0 saturated heterocycles. The summed E-state index contributed by atoms with van der Waals surface area (Å²) in [5.41, 5.74) is 2.91. The second kappa shape index (κ2) is 5.30. The van der Waals surface area contributed by atoms with E-state index in [1.807, 2.05) is 0 Å². The average Bonchev–Trinajstić information content (AvgIpc) is 2.58. The zero-order valence-corrected chi connectivity index (χ0v) is 11.4. The van der Waals surface area contributed by atoms with E-state index in [1.165, 1.54) is 22.0 Å². The van der Waals surface area contributed by atoms with Gasteiger partial charge in [-0.15, -0.1) is 0 Å². The lowest BCUT2D eigenvalue weighted by atomic mass is 10.0. The second-order valence-corrected chi connectivity index (χ2v) is 5.23. The summed E-state index contributed by atoms with van der Waals surface area (Å²) in [6, 6.07) is 6.96. The van der Waals surface area contributed by atoms with Crippen LogP contribution in [0.4, 0.5) is 0 Å². The summed E-state index contributed by atoms with van der Waals surface area (Å²) in [6.45, 7) is 3.98. The minimum absolute atomic E-state index is 0.484. The number of ether oxygens (including phenoxy) is 1. The van der Waals surface area contributed by atoms with Crippen molar-refractivity contribution >= 4 is 15.9 Å². The summed E-state index contributed by atoms with van der Waals surface area (Å²) in [5, 5.41) is 3.55. The molecule has 0 fully saturated rings. The Morgan fingerprint density at radius 3 is 3.06 bits per heavy atom. The van der Waals surface area contributed by atoms with E-state index in [2.05, 4.69) is 46.4 Å². The first kappa shape index (κ1) is 12.1. The van der Waals surface area contributed by atoms with Gasteiger partial charge < -0.3 is 10.1 Å². The summed E-state index contributed by atoms with van der Waals surface area (Å²) < 4.78 is 6.31. The number of fused-ring (bicyclic) bond motifs is 1. The summed E-state index contributed by atoms with van der Waals surface area (Å²) in [4.78, 5) is 0. The fourth-order valence-corrected chi connectivity index (χ4v) is 3.28. The molecule has 0 spiro atoms. The van der Waals surface area contributed by atoms with Crippen LogP contribution in [0.15, 0.2) is 22.7 Å². The number of hydrogen-bond acceptors (Lipinski definition) is 2. The zero-order valence-electron chi connectivity index (χ0n) is 9.79. The third-order valence-corrected chi connectivity index (χ3v) is 3.93. The van der Waals surface area contributed by atoms with E-state index in [1.54, 1.807) is 7.11 Å². The summed E-state index contributed by atoms with van der Waals surface area (Å²) in [7, 11) is 1.74. The van der Waals surface area contributed by atoms with Crippen molar-refractivity contribution in [2.24, 2.45) is 0 Å². The summed E-state index contributed by atoms with van der Waals surface area (Å²) in [6.07, 6.45) is 1.18. The van der Waals surface area contributed by atoms with Crippen LogP contribution in [-0.4, -0.2) is 20.3 Å². The van der Waals surface area contributed by atoms with E-state index in [0.717, 1.165) is 13.2 Å². The van der Waals surface area contributed by atoms with Crippen LogP contribution in [0.25, 0.3) is 0 Å². The zero-order chi connectivity index (χ0) is 11.5. The first-order valence-electron chi connectivity index (χ1n) is 5.74. The molecular weight excluding hydrogens is 266 g/mol. The van der Waals surface area contributed by atoms with Gasteiger partial charge in [0.2, 0.25) is 0 Å². The molecule has 3 heteroatoms. The molecule has 0 saturated carbocycles. The van der Waals surface area contributed by atoms with Crippen LogP contribution in [0, 0.1) is 0 Å². The van der Waals surface area contributed by atoms with Gasteiger partial charge in [-0.05, 0) is 29.5 Å². The molecule has 0 heterocycles. The predicted octanol–water partition coefficient (Wildman–Crippen LogP) is 3.23. The highest BCUT2D eigenvalue weighted by Gasteiger charge is 2.28. The monoisotopic (exact) mass is 283 g/mol. The number of methoxy groups -OCH3 is 1. The van der Waals surface area contributed by atoms with Gasteiger partial charge in [0.15, 0.2) is 0 Å². The van der Waals surface area contributed by atoms with Gasteiger partial charge in [0.25, 0.3) is 0 Å². The number of halogens is 1. The fourth-order valence-electron chi connectivity index (χ4n) is 2.50. The molecule has 0 amide bonds. The van der Waals surface area contributed by atoms with E-state index < -0.39 is 0 Å². The van der Waals surface area contributed by atoms with Crippen molar-refractivity contribution < 1.29 is 4.74 Å². The average molecular weight is 284 g/mol. The molecule has 0 bridgehead atoms.